The molecule has 0 heterocycles. The number of esters is 4. The van der Waals surface area contributed by atoms with E-state index in [2.05, 4.69) is 43.5 Å². The molecule has 0 aliphatic carbocycles. The number of hydrogen-bond acceptors (Lipinski definition) is 13. The average molecular weight is 597 g/mol. The Morgan fingerprint density at radius 3 is 1.29 bits per heavy atom. The predicted octanol–water partition coefficient (Wildman–Crippen LogP) is 1.40. The Morgan fingerprint density at radius 2 is 0.952 bits per heavy atom. The van der Waals surface area contributed by atoms with E-state index in [-0.39, 0.29) is 6.61 Å². The van der Waals surface area contributed by atoms with Crippen molar-refractivity contribution in [3.8, 4) is 0 Å². The standard InChI is InChI=1S/C27H36N2O13/c1-8-20(30)38-15-26(6,16-39-21(31)9-2)28-24(34)37-14-19(13-36-12-5)42-25(35)29-27(7,17-40-22(32)10-3)18-41-23(33)11-4/h8-12,19H,1-5,13-18H2,6-7H3,(H,28,34)(H,29,35). The van der Waals surface area contributed by atoms with Crippen molar-refractivity contribution in [2.24, 2.45) is 0 Å². The molecule has 0 rings (SSSR count). The highest BCUT2D eigenvalue weighted by Crippen LogP contribution is 2.10. The van der Waals surface area contributed by atoms with Gasteiger partial charge in [-0.05, 0) is 13.8 Å². The summed E-state index contributed by atoms with van der Waals surface area (Å²) >= 11 is 0. The highest BCUT2D eigenvalue weighted by Gasteiger charge is 2.33. The second-order valence-corrected chi connectivity index (χ2v) is 8.74. The van der Waals surface area contributed by atoms with Crippen molar-refractivity contribution in [2.75, 3.05) is 39.6 Å². The number of rotatable bonds is 20. The van der Waals surface area contributed by atoms with Crippen molar-refractivity contribution in [3.05, 3.63) is 63.5 Å². The zero-order chi connectivity index (χ0) is 32.2. The largest absolute Gasteiger partial charge is 0.498 e. The van der Waals surface area contributed by atoms with Crippen LogP contribution in [0.15, 0.2) is 63.5 Å². The van der Waals surface area contributed by atoms with E-state index in [1.54, 1.807) is 0 Å². The third-order valence-electron chi connectivity index (χ3n) is 4.68. The summed E-state index contributed by atoms with van der Waals surface area (Å²) in [5.41, 5.74) is -2.89. The van der Waals surface area contributed by atoms with E-state index < -0.39 is 86.3 Å². The molecule has 0 bridgehead atoms. The number of amides is 2. The summed E-state index contributed by atoms with van der Waals surface area (Å²) in [5, 5.41) is 4.82. The van der Waals surface area contributed by atoms with Gasteiger partial charge in [0.15, 0.2) is 6.10 Å². The van der Waals surface area contributed by atoms with Gasteiger partial charge in [-0.3, -0.25) is 0 Å². The number of nitrogens with one attached hydrogen (secondary N) is 2. The van der Waals surface area contributed by atoms with Gasteiger partial charge in [-0.2, -0.15) is 0 Å². The van der Waals surface area contributed by atoms with Gasteiger partial charge in [0.2, 0.25) is 0 Å². The fraction of sp³-hybridized carbons (Fsp3) is 0.407. The van der Waals surface area contributed by atoms with Crippen molar-refractivity contribution < 1.29 is 61.9 Å². The first-order valence-corrected chi connectivity index (χ1v) is 12.1. The second kappa shape index (κ2) is 19.1. The molecule has 0 spiro atoms. The van der Waals surface area contributed by atoms with E-state index in [1.807, 2.05) is 0 Å². The minimum Gasteiger partial charge on any atom is -0.498 e. The molecule has 232 valence electrons. The lowest BCUT2D eigenvalue weighted by Crippen LogP contribution is -2.55. The van der Waals surface area contributed by atoms with Gasteiger partial charge in [-0.1, -0.05) is 32.9 Å². The maximum atomic E-state index is 12.7. The lowest BCUT2D eigenvalue weighted by Gasteiger charge is -2.30. The van der Waals surface area contributed by atoms with Crippen LogP contribution in [-0.2, 0) is 52.3 Å². The van der Waals surface area contributed by atoms with Gasteiger partial charge in [-0.15, -0.1) is 0 Å². The summed E-state index contributed by atoms with van der Waals surface area (Å²) < 4.78 is 35.3. The van der Waals surface area contributed by atoms with E-state index >= 15 is 0 Å². The van der Waals surface area contributed by atoms with E-state index in [1.165, 1.54) is 13.8 Å². The molecule has 0 saturated heterocycles. The summed E-state index contributed by atoms with van der Waals surface area (Å²) in [6.07, 6.45) is 1.31. The number of carbonyl (C=O) groups excluding carboxylic acids is 6. The van der Waals surface area contributed by atoms with E-state index in [4.69, 9.17) is 33.2 Å². The van der Waals surface area contributed by atoms with Crippen LogP contribution in [0.1, 0.15) is 13.8 Å². The Hall–Kier alpha value is -5.08. The highest BCUT2D eigenvalue weighted by molar-refractivity contribution is 5.82. The second-order valence-electron chi connectivity index (χ2n) is 8.74. The first kappa shape index (κ1) is 36.9. The zero-order valence-electron chi connectivity index (χ0n) is 23.5. The molecule has 0 aromatic carbocycles. The molecular formula is C27H36N2O13. The SMILES string of the molecule is C=COCC(COC(=O)NC(C)(COC(=O)C=C)COC(=O)C=C)OC(=O)NC(C)(COC(=O)C=C)COC(=O)C=C. The monoisotopic (exact) mass is 596 g/mol. The Labute approximate surface area is 243 Å². The molecule has 0 aliphatic rings. The minimum atomic E-state index is -1.45. The van der Waals surface area contributed by atoms with Crippen LogP contribution in [0, 0.1) is 0 Å². The van der Waals surface area contributed by atoms with Gasteiger partial charge in [0.1, 0.15) is 50.7 Å². The maximum absolute atomic E-state index is 12.7. The van der Waals surface area contributed by atoms with E-state index in [0.717, 1.165) is 30.6 Å². The van der Waals surface area contributed by atoms with Crippen LogP contribution in [0.25, 0.3) is 0 Å². The maximum Gasteiger partial charge on any atom is 0.408 e. The van der Waals surface area contributed by atoms with Crippen molar-refractivity contribution in [1.82, 2.24) is 10.6 Å². The fourth-order valence-electron chi connectivity index (χ4n) is 2.55. The lowest BCUT2D eigenvalue weighted by atomic mass is 10.1. The molecule has 42 heavy (non-hydrogen) atoms. The quantitative estimate of drug-likeness (QED) is 0.0888. The molecule has 0 aliphatic heterocycles. The van der Waals surface area contributed by atoms with Crippen LogP contribution in [-0.4, -0.2) is 92.9 Å². The van der Waals surface area contributed by atoms with Crippen molar-refractivity contribution >= 4 is 36.1 Å². The third kappa shape index (κ3) is 16.1. The summed E-state index contributed by atoms with van der Waals surface area (Å²) in [6, 6.07) is 0. The van der Waals surface area contributed by atoms with Crippen LogP contribution >= 0.6 is 0 Å². The van der Waals surface area contributed by atoms with Crippen molar-refractivity contribution in [1.29, 1.82) is 0 Å². The molecule has 2 N–H and O–H groups in total. The molecule has 0 fully saturated rings. The number of hydrogen-bond donors (Lipinski definition) is 2. The van der Waals surface area contributed by atoms with E-state index in [0.29, 0.717) is 0 Å². The normalized spacial score (nSPS) is 11.2. The summed E-state index contributed by atoms with van der Waals surface area (Å²) in [6.45, 7) is 16.7. The smallest absolute Gasteiger partial charge is 0.408 e. The topological polar surface area (TPSA) is 191 Å². The minimum absolute atomic E-state index is 0.303. The van der Waals surface area contributed by atoms with Gasteiger partial charge in [0.25, 0.3) is 0 Å². The Kier molecular flexibility index (Phi) is 16.8. The van der Waals surface area contributed by atoms with Gasteiger partial charge < -0.3 is 43.8 Å². The summed E-state index contributed by atoms with van der Waals surface area (Å²) in [7, 11) is 0. The third-order valence-corrected chi connectivity index (χ3v) is 4.68. The number of alkyl carbamates (subject to hydrolysis) is 2. The van der Waals surface area contributed by atoms with Crippen molar-refractivity contribution in [3.63, 3.8) is 0 Å². The van der Waals surface area contributed by atoms with Crippen LogP contribution in [0.4, 0.5) is 9.59 Å². The predicted molar refractivity (Wildman–Crippen MR) is 145 cm³/mol. The molecule has 15 nitrogen and oxygen atoms in total. The molecule has 0 aromatic heterocycles. The summed E-state index contributed by atoms with van der Waals surface area (Å²) in [4.78, 5) is 71.3. The van der Waals surface area contributed by atoms with Gasteiger partial charge >= 0.3 is 36.1 Å². The Bertz CT molecular complexity index is 989. The molecule has 1 atom stereocenters. The first-order valence-electron chi connectivity index (χ1n) is 12.1. The number of carbonyl (C=O) groups is 6. The first-order chi connectivity index (χ1) is 19.7. The molecule has 1 unspecified atom stereocenters. The molecule has 0 saturated carbocycles. The fourth-order valence-corrected chi connectivity index (χ4v) is 2.55. The van der Waals surface area contributed by atoms with Crippen LogP contribution in [0.3, 0.4) is 0 Å². The highest BCUT2D eigenvalue weighted by atomic mass is 16.6. The van der Waals surface area contributed by atoms with Crippen LogP contribution < -0.4 is 10.6 Å². The summed E-state index contributed by atoms with van der Waals surface area (Å²) in [5.74, 6) is -3.18. The van der Waals surface area contributed by atoms with Gasteiger partial charge in [-0.25, -0.2) is 28.8 Å². The van der Waals surface area contributed by atoms with Crippen LogP contribution in [0.5, 0.6) is 0 Å². The number of ether oxygens (including phenoxy) is 7. The Morgan fingerprint density at radius 1 is 0.595 bits per heavy atom. The average Bonchev–Trinajstić information content (AvgIpc) is 2.97. The lowest BCUT2D eigenvalue weighted by molar-refractivity contribution is -0.146. The Balaban J connectivity index is 5.44. The molecule has 0 aromatic rings. The molecular weight excluding hydrogens is 560 g/mol. The van der Waals surface area contributed by atoms with Gasteiger partial charge in [0, 0.05) is 24.3 Å². The van der Waals surface area contributed by atoms with E-state index in [9.17, 15) is 28.8 Å². The van der Waals surface area contributed by atoms with Crippen LogP contribution in [0.2, 0.25) is 0 Å². The molecule has 0 radical (unpaired) electrons. The van der Waals surface area contributed by atoms with Gasteiger partial charge in [0.05, 0.1) is 6.26 Å². The molecule has 15 heteroatoms. The molecule has 2 amide bonds. The zero-order valence-corrected chi connectivity index (χ0v) is 23.5. The van der Waals surface area contributed by atoms with Crippen molar-refractivity contribution in [2.45, 2.75) is 31.0 Å².